The predicted molar refractivity (Wildman–Crippen MR) is 61.6 cm³/mol. The Labute approximate surface area is 107 Å². The predicted octanol–water partition coefficient (Wildman–Crippen LogP) is 2.37. The first kappa shape index (κ1) is 12.8. The van der Waals surface area contributed by atoms with Gasteiger partial charge in [0.1, 0.15) is 11.5 Å². The van der Waals surface area contributed by atoms with Crippen LogP contribution in [0.5, 0.6) is 0 Å². The average Bonchev–Trinajstić information content (AvgIpc) is 2.29. The van der Waals surface area contributed by atoms with Crippen LogP contribution < -0.4 is 10.2 Å². The van der Waals surface area contributed by atoms with Crippen LogP contribution in [0.1, 0.15) is 12.0 Å². The smallest absolute Gasteiger partial charge is 0.288 e. The van der Waals surface area contributed by atoms with Crippen LogP contribution in [-0.4, -0.2) is 18.5 Å². The third-order valence-corrected chi connectivity index (χ3v) is 3.10. The minimum Gasteiger partial charge on any atom is -0.288 e. The molecule has 2 rings (SSSR count). The van der Waals surface area contributed by atoms with E-state index in [1.54, 1.807) is 0 Å². The van der Waals surface area contributed by atoms with Crippen molar-refractivity contribution in [2.24, 2.45) is 0 Å². The number of imide groups is 1. The SMILES string of the molecule is Cc1cc(F)c(N2CCC(=O)NC2=O)c(F)c1Cl. The number of carbonyl (C=O) groups is 2. The number of hydrogen-bond donors (Lipinski definition) is 1. The van der Waals surface area contributed by atoms with E-state index in [-0.39, 0.29) is 23.6 Å². The van der Waals surface area contributed by atoms with Crippen molar-refractivity contribution in [3.05, 3.63) is 28.3 Å². The molecule has 0 aliphatic carbocycles. The minimum atomic E-state index is -1.00. The first-order chi connectivity index (χ1) is 8.41. The van der Waals surface area contributed by atoms with E-state index in [2.05, 4.69) is 0 Å². The Bertz CT molecular complexity index is 548. The molecule has 1 heterocycles. The van der Waals surface area contributed by atoms with Crippen LogP contribution in [0.3, 0.4) is 0 Å². The maximum absolute atomic E-state index is 13.9. The summed E-state index contributed by atoms with van der Waals surface area (Å²) in [7, 11) is 0. The number of nitrogens with zero attached hydrogens (tertiary/aromatic N) is 1. The molecule has 0 saturated carbocycles. The summed E-state index contributed by atoms with van der Waals surface area (Å²) in [6.45, 7) is 1.37. The van der Waals surface area contributed by atoms with Gasteiger partial charge in [-0.05, 0) is 18.6 Å². The van der Waals surface area contributed by atoms with Crippen molar-refractivity contribution in [3.8, 4) is 0 Å². The number of rotatable bonds is 1. The van der Waals surface area contributed by atoms with E-state index in [9.17, 15) is 18.4 Å². The fourth-order valence-electron chi connectivity index (χ4n) is 1.73. The number of halogens is 3. The zero-order chi connectivity index (χ0) is 13.4. The maximum atomic E-state index is 13.9. The summed E-state index contributed by atoms with van der Waals surface area (Å²) in [6.07, 6.45) is -0.0177. The van der Waals surface area contributed by atoms with Crippen LogP contribution in [0.15, 0.2) is 6.07 Å². The van der Waals surface area contributed by atoms with Crippen LogP contribution in [0.4, 0.5) is 19.3 Å². The highest BCUT2D eigenvalue weighted by Gasteiger charge is 2.30. The number of hydrogen-bond acceptors (Lipinski definition) is 2. The highest BCUT2D eigenvalue weighted by Crippen LogP contribution is 2.32. The molecule has 1 fully saturated rings. The second kappa shape index (κ2) is 4.53. The van der Waals surface area contributed by atoms with E-state index >= 15 is 0 Å². The number of urea groups is 1. The van der Waals surface area contributed by atoms with Gasteiger partial charge < -0.3 is 0 Å². The second-order valence-electron chi connectivity index (χ2n) is 3.91. The number of aryl methyl sites for hydroxylation is 1. The molecular weight excluding hydrogens is 266 g/mol. The summed E-state index contributed by atoms with van der Waals surface area (Å²) in [6, 6.07) is 0.189. The quantitative estimate of drug-likeness (QED) is 0.799. The average molecular weight is 275 g/mol. The summed E-state index contributed by atoms with van der Waals surface area (Å²) >= 11 is 5.68. The molecule has 1 N–H and O–H groups in total. The van der Waals surface area contributed by atoms with Gasteiger partial charge in [-0.15, -0.1) is 0 Å². The van der Waals surface area contributed by atoms with E-state index in [4.69, 9.17) is 11.6 Å². The largest absolute Gasteiger partial charge is 0.328 e. The van der Waals surface area contributed by atoms with Gasteiger partial charge in [-0.2, -0.15) is 0 Å². The highest BCUT2D eigenvalue weighted by molar-refractivity contribution is 6.31. The van der Waals surface area contributed by atoms with E-state index in [0.29, 0.717) is 0 Å². The lowest BCUT2D eigenvalue weighted by molar-refractivity contribution is -0.120. The number of amides is 3. The first-order valence-corrected chi connectivity index (χ1v) is 5.55. The van der Waals surface area contributed by atoms with Gasteiger partial charge in [-0.1, -0.05) is 11.6 Å². The van der Waals surface area contributed by atoms with Crippen molar-refractivity contribution in [1.82, 2.24) is 5.32 Å². The monoisotopic (exact) mass is 274 g/mol. The molecule has 1 aliphatic rings. The van der Waals surface area contributed by atoms with Gasteiger partial charge in [0.05, 0.1) is 5.02 Å². The zero-order valence-electron chi connectivity index (χ0n) is 9.39. The maximum Gasteiger partial charge on any atom is 0.328 e. The van der Waals surface area contributed by atoms with Gasteiger partial charge in [-0.3, -0.25) is 15.0 Å². The van der Waals surface area contributed by atoms with Crippen molar-refractivity contribution in [2.75, 3.05) is 11.4 Å². The van der Waals surface area contributed by atoms with Crippen LogP contribution >= 0.6 is 11.6 Å². The van der Waals surface area contributed by atoms with Gasteiger partial charge in [-0.25, -0.2) is 13.6 Å². The standard InChI is InChI=1S/C11H9ClF2N2O2/c1-5-4-6(13)10(9(14)8(5)12)16-3-2-7(17)15-11(16)18/h4H,2-3H2,1H3,(H,15,17,18). The van der Waals surface area contributed by atoms with Crippen LogP contribution in [-0.2, 0) is 4.79 Å². The lowest BCUT2D eigenvalue weighted by Crippen LogP contribution is -2.50. The lowest BCUT2D eigenvalue weighted by atomic mass is 10.1. The molecule has 0 atom stereocenters. The molecule has 0 aromatic heterocycles. The molecular formula is C11H9ClF2N2O2. The molecule has 1 aliphatic heterocycles. The molecule has 7 heteroatoms. The molecule has 0 unspecified atom stereocenters. The molecule has 1 aromatic carbocycles. The third-order valence-electron chi connectivity index (χ3n) is 2.64. The van der Waals surface area contributed by atoms with Gasteiger partial charge in [0.15, 0.2) is 5.82 Å². The molecule has 0 spiro atoms. The first-order valence-electron chi connectivity index (χ1n) is 5.17. The molecule has 4 nitrogen and oxygen atoms in total. The van der Waals surface area contributed by atoms with E-state index < -0.39 is 29.3 Å². The summed E-state index contributed by atoms with van der Waals surface area (Å²) in [4.78, 5) is 23.3. The highest BCUT2D eigenvalue weighted by atomic mass is 35.5. The van der Waals surface area contributed by atoms with Crippen molar-refractivity contribution >= 4 is 29.2 Å². The Kier molecular flexibility index (Phi) is 3.21. The Morgan fingerprint density at radius 1 is 1.39 bits per heavy atom. The summed E-state index contributed by atoms with van der Waals surface area (Å²) in [5.41, 5.74) is -0.292. The number of nitrogens with one attached hydrogen (secondary N) is 1. The van der Waals surface area contributed by atoms with Crippen LogP contribution in [0, 0.1) is 18.6 Å². The zero-order valence-corrected chi connectivity index (χ0v) is 10.1. The number of anilines is 1. The van der Waals surface area contributed by atoms with E-state index in [1.165, 1.54) is 6.92 Å². The summed E-state index contributed by atoms with van der Waals surface area (Å²) < 4.78 is 27.6. The molecule has 0 radical (unpaired) electrons. The summed E-state index contributed by atoms with van der Waals surface area (Å²) in [5, 5.41) is 1.75. The minimum absolute atomic E-state index is 0.0177. The Balaban J connectivity index is 2.48. The van der Waals surface area contributed by atoms with Gasteiger partial charge >= 0.3 is 6.03 Å². The fourth-order valence-corrected chi connectivity index (χ4v) is 1.87. The Hall–Kier alpha value is -1.69. The Morgan fingerprint density at radius 2 is 2.06 bits per heavy atom. The van der Waals surface area contributed by atoms with E-state index in [0.717, 1.165) is 11.0 Å². The van der Waals surface area contributed by atoms with Crippen molar-refractivity contribution in [1.29, 1.82) is 0 Å². The Morgan fingerprint density at radius 3 is 2.67 bits per heavy atom. The fraction of sp³-hybridized carbons (Fsp3) is 0.273. The second-order valence-corrected chi connectivity index (χ2v) is 4.28. The third kappa shape index (κ3) is 2.03. The van der Waals surface area contributed by atoms with Gasteiger partial charge in [0, 0.05) is 13.0 Å². The molecule has 1 aromatic rings. The molecule has 96 valence electrons. The molecule has 18 heavy (non-hydrogen) atoms. The van der Waals surface area contributed by atoms with Crippen molar-refractivity contribution in [3.63, 3.8) is 0 Å². The molecule has 3 amide bonds. The normalized spacial score (nSPS) is 15.9. The van der Waals surface area contributed by atoms with Gasteiger partial charge in [0.25, 0.3) is 0 Å². The topological polar surface area (TPSA) is 49.4 Å². The van der Waals surface area contributed by atoms with Gasteiger partial charge in [0.2, 0.25) is 5.91 Å². The molecule has 0 bridgehead atoms. The van der Waals surface area contributed by atoms with Crippen molar-refractivity contribution in [2.45, 2.75) is 13.3 Å². The van der Waals surface area contributed by atoms with Crippen molar-refractivity contribution < 1.29 is 18.4 Å². The summed E-state index contributed by atoms with van der Waals surface area (Å²) in [5.74, 6) is -2.37. The van der Waals surface area contributed by atoms with Crippen LogP contribution in [0.2, 0.25) is 5.02 Å². The van der Waals surface area contributed by atoms with Crippen LogP contribution in [0.25, 0.3) is 0 Å². The number of carbonyl (C=O) groups excluding carboxylic acids is 2. The molecule has 1 saturated heterocycles. The lowest BCUT2D eigenvalue weighted by Gasteiger charge is -2.27. The number of benzene rings is 1. The van der Waals surface area contributed by atoms with E-state index in [1.807, 2.05) is 5.32 Å².